The molecule has 1 heterocycles. The number of hydrogen-bond acceptors (Lipinski definition) is 5. The number of aromatic nitrogens is 2. The zero-order valence-corrected chi connectivity index (χ0v) is 11.4. The normalized spacial score (nSPS) is 12.3. The highest BCUT2D eigenvalue weighted by Crippen LogP contribution is 2.26. The van der Waals surface area contributed by atoms with Gasteiger partial charge in [0.25, 0.3) is 0 Å². The van der Waals surface area contributed by atoms with Gasteiger partial charge in [0, 0.05) is 18.8 Å². The van der Waals surface area contributed by atoms with E-state index >= 15 is 0 Å². The van der Waals surface area contributed by atoms with Crippen LogP contribution in [0, 0.1) is 0 Å². The molecule has 0 saturated carbocycles. The van der Waals surface area contributed by atoms with Crippen LogP contribution in [0.2, 0.25) is 0 Å². The second kappa shape index (κ2) is 6.17. The average molecular weight is 291 g/mol. The molecule has 1 aromatic heterocycles. The molecule has 0 aliphatic heterocycles. The van der Waals surface area contributed by atoms with Crippen LogP contribution < -0.4 is 10.6 Å². The van der Waals surface area contributed by atoms with E-state index in [1.54, 1.807) is 6.33 Å². The lowest BCUT2D eigenvalue weighted by Gasteiger charge is -2.12. The van der Waals surface area contributed by atoms with Crippen molar-refractivity contribution in [3.05, 3.63) is 10.8 Å². The molecule has 2 N–H and O–H groups in total. The summed E-state index contributed by atoms with van der Waals surface area (Å²) in [5, 5.41) is 6.83. The molecule has 1 rings (SSSR count). The fourth-order valence-corrected chi connectivity index (χ4v) is 1.78. The Morgan fingerprint density at radius 2 is 2.13 bits per heavy atom. The van der Waals surface area contributed by atoms with Crippen LogP contribution in [0.3, 0.4) is 0 Å². The number of thioether (sulfide) groups is 1. The van der Waals surface area contributed by atoms with Gasteiger partial charge >= 0.3 is 0 Å². The first-order valence-electron chi connectivity index (χ1n) is 4.64. The SMILES string of the molecule is CNc1ncnc(NCC(C)SC)c1Br. The average Bonchev–Trinajstić information content (AvgIpc) is 2.27. The Labute approximate surface area is 103 Å². The van der Waals surface area contributed by atoms with Gasteiger partial charge in [-0.3, -0.25) is 0 Å². The molecule has 0 amide bonds. The van der Waals surface area contributed by atoms with E-state index in [0.717, 1.165) is 22.7 Å². The van der Waals surface area contributed by atoms with Gasteiger partial charge in [0.1, 0.15) is 22.4 Å². The maximum Gasteiger partial charge on any atom is 0.145 e. The predicted molar refractivity (Wildman–Crippen MR) is 70.7 cm³/mol. The van der Waals surface area contributed by atoms with E-state index in [-0.39, 0.29) is 0 Å². The molecule has 1 aromatic rings. The topological polar surface area (TPSA) is 49.8 Å². The molecule has 0 aliphatic carbocycles. The smallest absolute Gasteiger partial charge is 0.145 e. The van der Waals surface area contributed by atoms with Crippen molar-refractivity contribution in [1.29, 1.82) is 0 Å². The van der Waals surface area contributed by atoms with Gasteiger partial charge in [0.2, 0.25) is 0 Å². The van der Waals surface area contributed by atoms with Crippen molar-refractivity contribution in [2.45, 2.75) is 12.2 Å². The summed E-state index contributed by atoms with van der Waals surface area (Å²) in [6.07, 6.45) is 3.64. The summed E-state index contributed by atoms with van der Waals surface area (Å²) in [7, 11) is 1.83. The fourth-order valence-electron chi connectivity index (χ4n) is 0.991. The van der Waals surface area contributed by atoms with Crippen LogP contribution >= 0.6 is 27.7 Å². The standard InChI is InChI=1S/C9H15BrN4S/c1-6(15-3)4-12-9-7(10)8(11-2)13-5-14-9/h5-6H,4H2,1-3H3,(H2,11,12,13,14). The molecule has 1 unspecified atom stereocenters. The molecule has 0 saturated heterocycles. The summed E-state index contributed by atoms with van der Waals surface area (Å²) < 4.78 is 0.876. The van der Waals surface area contributed by atoms with Crippen molar-refractivity contribution in [3.63, 3.8) is 0 Å². The zero-order chi connectivity index (χ0) is 11.3. The number of hydrogen-bond donors (Lipinski definition) is 2. The third-order valence-electron chi connectivity index (χ3n) is 1.99. The van der Waals surface area contributed by atoms with E-state index in [1.165, 1.54) is 0 Å². The Morgan fingerprint density at radius 1 is 1.47 bits per heavy atom. The lowest BCUT2D eigenvalue weighted by molar-refractivity contribution is 0.983. The Morgan fingerprint density at radius 3 is 2.73 bits per heavy atom. The van der Waals surface area contributed by atoms with E-state index in [2.05, 4.69) is 49.7 Å². The number of rotatable bonds is 5. The van der Waals surface area contributed by atoms with E-state index in [9.17, 15) is 0 Å². The van der Waals surface area contributed by atoms with Gasteiger partial charge in [0.15, 0.2) is 0 Å². The number of nitrogens with zero attached hydrogens (tertiary/aromatic N) is 2. The minimum absolute atomic E-state index is 0.560. The van der Waals surface area contributed by atoms with Gasteiger partial charge in [-0.15, -0.1) is 0 Å². The van der Waals surface area contributed by atoms with Gasteiger partial charge in [-0.1, -0.05) is 6.92 Å². The summed E-state index contributed by atoms with van der Waals surface area (Å²) in [5.74, 6) is 1.62. The third-order valence-corrected chi connectivity index (χ3v) is 3.71. The Balaban J connectivity index is 2.68. The quantitative estimate of drug-likeness (QED) is 0.872. The minimum atomic E-state index is 0.560. The van der Waals surface area contributed by atoms with Crippen LogP contribution in [0.25, 0.3) is 0 Å². The number of halogens is 1. The molecule has 0 aromatic carbocycles. The molecule has 1 atom stereocenters. The molecule has 84 valence electrons. The van der Waals surface area contributed by atoms with E-state index in [4.69, 9.17) is 0 Å². The lowest BCUT2D eigenvalue weighted by atomic mass is 10.4. The number of anilines is 2. The molecule has 6 heteroatoms. The monoisotopic (exact) mass is 290 g/mol. The van der Waals surface area contributed by atoms with Crippen LogP contribution in [0.4, 0.5) is 11.6 Å². The van der Waals surface area contributed by atoms with Gasteiger partial charge in [0.05, 0.1) is 0 Å². The predicted octanol–water partition coefficient (Wildman–Crippen LogP) is 2.44. The largest absolute Gasteiger partial charge is 0.372 e. The minimum Gasteiger partial charge on any atom is -0.372 e. The highest BCUT2D eigenvalue weighted by atomic mass is 79.9. The Hall–Kier alpha value is -0.490. The van der Waals surface area contributed by atoms with Crippen molar-refractivity contribution < 1.29 is 0 Å². The molecule has 4 nitrogen and oxygen atoms in total. The van der Waals surface area contributed by atoms with Crippen LogP contribution in [-0.2, 0) is 0 Å². The molecule has 15 heavy (non-hydrogen) atoms. The summed E-state index contributed by atoms with van der Waals surface area (Å²) in [4.78, 5) is 8.27. The van der Waals surface area contributed by atoms with Crippen LogP contribution in [0.1, 0.15) is 6.92 Å². The van der Waals surface area contributed by atoms with Crippen molar-refractivity contribution in [3.8, 4) is 0 Å². The number of nitrogens with one attached hydrogen (secondary N) is 2. The summed E-state index contributed by atoms with van der Waals surface area (Å²) in [6, 6.07) is 0. The van der Waals surface area contributed by atoms with Crippen molar-refractivity contribution in [1.82, 2.24) is 9.97 Å². The van der Waals surface area contributed by atoms with Gasteiger partial charge < -0.3 is 10.6 Å². The first-order chi connectivity index (χ1) is 7.19. The van der Waals surface area contributed by atoms with Crippen LogP contribution in [0.5, 0.6) is 0 Å². The Kier molecular flexibility index (Phi) is 5.17. The maximum atomic E-state index is 4.17. The summed E-state index contributed by atoms with van der Waals surface area (Å²) in [6.45, 7) is 3.06. The fraction of sp³-hybridized carbons (Fsp3) is 0.556. The van der Waals surface area contributed by atoms with E-state index in [1.807, 2.05) is 18.8 Å². The lowest BCUT2D eigenvalue weighted by Crippen LogP contribution is -2.14. The van der Waals surface area contributed by atoms with Gasteiger partial charge in [-0.05, 0) is 22.2 Å². The van der Waals surface area contributed by atoms with Crippen molar-refractivity contribution in [2.24, 2.45) is 0 Å². The zero-order valence-electron chi connectivity index (χ0n) is 9.04. The molecule has 0 aliphatic rings. The third kappa shape index (κ3) is 3.53. The highest BCUT2D eigenvalue weighted by molar-refractivity contribution is 9.10. The molecule has 0 radical (unpaired) electrons. The van der Waals surface area contributed by atoms with Crippen LogP contribution in [-0.4, -0.2) is 35.1 Å². The second-order valence-electron chi connectivity index (χ2n) is 3.06. The van der Waals surface area contributed by atoms with Crippen LogP contribution in [0.15, 0.2) is 10.8 Å². The summed E-state index contributed by atoms with van der Waals surface area (Å²) in [5.41, 5.74) is 0. The van der Waals surface area contributed by atoms with Crippen molar-refractivity contribution >= 4 is 39.3 Å². The van der Waals surface area contributed by atoms with E-state index in [0.29, 0.717) is 5.25 Å². The molecule has 0 fully saturated rings. The molecular weight excluding hydrogens is 276 g/mol. The molecular formula is C9H15BrN4S. The van der Waals surface area contributed by atoms with Crippen molar-refractivity contribution in [2.75, 3.05) is 30.5 Å². The first-order valence-corrected chi connectivity index (χ1v) is 6.72. The first kappa shape index (κ1) is 12.6. The maximum absolute atomic E-state index is 4.17. The van der Waals surface area contributed by atoms with Gasteiger partial charge in [-0.2, -0.15) is 11.8 Å². The highest BCUT2D eigenvalue weighted by Gasteiger charge is 2.07. The second-order valence-corrected chi connectivity index (χ2v) is 5.13. The summed E-state index contributed by atoms with van der Waals surface area (Å²) >= 11 is 5.28. The Bertz CT molecular complexity index is 321. The molecule has 0 spiro atoms. The molecule has 0 bridgehead atoms. The van der Waals surface area contributed by atoms with Gasteiger partial charge in [-0.25, -0.2) is 9.97 Å². The van der Waals surface area contributed by atoms with E-state index < -0.39 is 0 Å².